The average molecular weight is 377 g/mol. The van der Waals surface area contributed by atoms with Gasteiger partial charge in [-0.1, -0.05) is 6.92 Å². The molecule has 1 aromatic heterocycles. The molecule has 0 spiro atoms. The largest absolute Gasteiger partial charge is 0.481 e. The Morgan fingerprint density at radius 3 is 2.78 bits per heavy atom. The minimum atomic E-state index is -0.993. The van der Waals surface area contributed by atoms with E-state index in [2.05, 4.69) is 4.98 Å². The second-order valence-corrected chi connectivity index (χ2v) is 6.23. The van der Waals surface area contributed by atoms with Crippen LogP contribution in [0.1, 0.15) is 30.6 Å². The van der Waals surface area contributed by atoms with Gasteiger partial charge in [0.25, 0.3) is 11.6 Å². The van der Waals surface area contributed by atoms with Gasteiger partial charge in [0.2, 0.25) is 0 Å². The van der Waals surface area contributed by atoms with E-state index in [0.29, 0.717) is 37.1 Å². The van der Waals surface area contributed by atoms with E-state index < -0.39 is 16.8 Å². The van der Waals surface area contributed by atoms with Crippen LogP contribution in [0.25, 0.3) is 10.9 Å². The second-order valence-electron chi connectivity index (χ2n) is 6.23. The molecule has 0 fully saturated rings. The summed E-state index contributed by atoms with van der Waals surface area (Å²) in [4.78, 5) is 39.1. The molecule has 9 heteroatoms. The summed E-state index contributed by atoms with van der Waals surface area (Å²) in [5.74, 6) is -2.10. The number of ether oxygens (including phenoxy) is 1. The Morgan fingerprint density at radius 2 is 2.15 bits per heavy atom. The summed E-state index contributed by atoms with van der Waals surface area (Å²) in [6.45, 7) is 4.80. The molecule has 9 nitrogen and oxygen atoms in total. The van der Waals surface area contributed by atoms with Crippen LogP contribution in [0.5, 0.6) is 0 Å². The molecule has 1 unspecified atom stereocenters. The minimum absolute atomic E-state index is 0.0435. The van der Waals surface area contributed by atoms with E-state index in [1.165, 1.54) is 30.2 Å². The molecular weight excluding hydrogens is 354 g/mol. The number of hydrogen-bond acceptors (Lipinski definition) is 5. The molecule has 1 amide bonds. The summed E-state index contributed by atoms with van der Waals surface area (Å²) in [6, 6.07) is 4.25. The van der Waals surface area contributed by atoms with Crippen molar-refractivity contribution in [3.63, 3.8) is 0 Å². The van der Waals surface area contributed by atoms with Crippen molar-refractivity contribution < 1.29 is 24.4 Å². The van der Waals surface area contributed by atoms with E-state index in [-0.39, 0.29) is 23.7 Å². The molecule has 0 aliphatic rings. The number of nitro benzene ring substituents is 1. The molecule has 0 saturated heterocycles. The molecule has 0 radical (unpaired) electrons. The number of carbonyl (C=O) groups is 2. The number of non-ortho nitro benzene ring substituents is 1. The molecule has 0 aliphatic heterocycles. The lowest BCUT2D eigenvalue weighted by atomic mass is 10.1. The van der Waals surface area contributed by atoms with E-state index in [1.54, 1.807) is 6.07 Å². The summed E-state index contributed by atoms with van der Waals surface area (Å²) in [6.07, 6.45) is 2.06. The zero-order valence-corrected chi connectivity index (χ0v) is 15.3. The predicted octanol–water partition coefficient (Wildman–Crippen LogP) is 2.67. The summed E-state index contributed by atoms with van der Waals surface area (Å²) in [5, 5.41) is 20.6. The zero-order valence-electron chi connectivity index (χ0n) is 15.3. The number of rotatable bonds is 10. The number of aliphatic carboxylic acids is 1. The van der Waals surface area contributed by atoms with Crippen molar-refractivity contribution in [1.29, 1.82) is 0 Å². The molecule has 146 valence electrons. The SMILES string of the molecule is CCOCCCN(CC(C)C(=O)O)C(=O)c1c[nH]c2ccc([N+](=O)[O-])cc12. The van der Waals surface area contributed by atoms with Crippen molar-refractivity contribution in [3.8, 4) is 0 Å². The van der Waals surface area contributed by atoms with Crippen LogP contribution in [0.15, 0.2) is 24.4 Å². The number of nitro groups is 1. The van der Waals surface area contributed by atoms with E-state index in [4.69, 9.17) is 4.74 Å². The highest BCUT2D eigenvalue weighted by Crippen LogP contribution is 2.25. The molecule has 2 aromatic rings. The average Bonchev–Trinajstić information content (AvgIpc) is 3.06. The fourth-order valence-electron chi connectivity index (χ4n) is 2.76. The number of amides is 1. The van der Waals surface area contributed by atoms with Crippen molar-refractivity contribution in [3.05, 3.63) is 40.1 Å². The number of carboxylic acid groups (broad SMARTS) is 1. The van der Waals surface area contributed by atoms with E-state index in [9.17, 15) is 24.8 Å². The van der Waals surface area contributed by atoms with Gasteiger partial charge in [-0.25, -0.2) is 0 Å². The van der Waals surface area contributed by atoms with Crippen LogP contribution in [0, 0.1) is 16.0 Å². The fourth-order valence-corrected chi connectivity index (χ4v) is 2.76. The summed E-state index contributed by atoms with van der Waals surface area (Å²) in [5.41, 5.74) is 0.769. The Morgan fingerprint density at radius 1 is 1.41 bits per heavy atom. The number of nitrogens with one attached hydrogen (secondary N) is 1. The maximum Gasteiger partial charge on any atom is 0.308 e. The first kappa shape index (κ1) is 20.4. The highest BCUT2D eigenvalue weighted by molar-refractivity contribution is 6.07. The monoisotopic (exact) mass is 377 g/mol. The number of benzene rings is 1. The number of carboxylic acids is 1. The third kappa shape index (κ3) is 5.04. The Balaban J connectivity index is 2.29. The van der Waals surface area contributed by atoms with Crippen LogP contribution in [0.3, 0.4) is 0 Å². The van der Waals surface area contributed by atoms with Crippen molar-refractivity contribution in [2.75, 3.05) is 26.3 Å². The second kappa shape index (κ2) is 9.13. The van der Waals surface area contributed by atoms with Gasteiger partial charge in [0.15, 0.2) is 0 Å². The predicted molar refractivity (Wildman–Crippen MR) is 98.8 cm³/mol. The topological polar surface area (TPSA) is 126 Å². The van der Waals surface area contributed by atoms with Gasteiger partial charge in [-0.3, -0.25) is 19.7 Å². The molecule has 0 saturated carbocycles. The molecule has 1 heterocycles. The molecule has 27 heavy (non-hydrogen) atoms. The number of aromatic amines is 1. The molecule has 0 aliphatic carbocycles. The summed E-state index contributed by atoms with van der Waals surface area (Å²) >= 11 is 0. The summed E-state index contributed by atoms with van der Waals surface area (Å²) < 4.78 is 5.28. The molecule has 1 aromatic carbocycles. The number of fused-ring (bicyclic) bond motifs is 1. The molecule has 2 rings (SSSR count). The van der Waals surface area contributed by atoms with Crippen molar-refractivity contribution >= 4 is 28.5 Å². The van der Waals surface area contributed by atoms with Gasteiger partial charge in [0, 0.05) is 55.5 Å². The van der Waals surface area contributed by atoms with Crippen LogP contribution in [-0.4, -0.2) is 58.1 Å². The Kier molecular flexibility index (Phi) is 6.89. The first-order valence-electron chi connectivity index (χ1n) is 8.70. The minimum Gasteiger partial charge on any atom is -0.481 e. The third-order valence-corrected chi connectivity index (χ3v) is 4.23. The lowest BCUT2D eigenvalue weighted by molar-refractivity contribution is -0.384. The van der Waals surface area contributed by atoms with Gasteiger partial charge in [-0.15, -0.1) is 0 Å². The van der Waals surface area contributed by atoms with Crippen molar-refractivity contribution in [2.24, 2.45) is 5.92 Å². The van der Waals surface area contributed by atoms with Gasteiger partial charge in [-0.05, 0) is 19.4 Å². The van der Waals surface area contributed by atoms with Gasteiger partial charge in [0.05, 0.1) is 16.4 Å². The van der Waals surface area contributed by atoms with Crippen LogP contribution in [0.4, 0.5) is 5.69 Å². The Bertz CT molecular complexity index is 832. The maximum atomic E-state index is 13.0. The first-order valence-corrected chi connectivity index (χ1v) is 8.70. The molecule has 0 bridgehead atoms. The lowest BCUT2D eigenvalue weighted by Crippen LogP contribution is -2.38. The number of nitrogens with zero attached hydrogens (tertiary/aromatic N) is 2. The quantitative estimate of drug-likeness (QED) is 0.372. The van der Waals surface area contributed by atoms with Gasteiger partial charge in [0.1, 0.15) is 0 Å². The number of aromatic nitrogens is 1. The van der Waals surface area contributed by atoms with Crippen molar-refractivity contribution in [1.82, 2.24) is 9.88 Å². The highest BCUT2D eigenvalue weighted by atomic mass is 16.6. The number of carbonyl (C=O) groups excluding carboxylic acids is 1. The van der Waals surface area contributed by atoms with Gasteiger partial charge >= 0.3 is 5.97 Å². The number of hydrogen-bond donors (Lipinski definition) is 2. The lowest BCUT2D eigenvalue weighted by Gasteiger charge is -2.24. The Hall–Kier alpha value is -2.94. The normalized spacial score (nSPS) is 12.1. The first-order chi connectivity index (χ1) is 12.8. The van der Waals surface area contributed by atoms with Crippen LogP contribution < -0.4 is 0 Å². The van der Waals surface area contributed by atoms with Gasteiger partial charge in [-0.2, -0.15) is 0 Å². The fraction of sp³-hybridized carbons (Fsp3) is 0.444. The van der Waals surface area contributed by atoms with Crippen LogP contribution >= 0.6 is 0 Å². The van der Waals surface area contributed by atoms with Crippen LogP contribution in [0.2, 0.25) is 0 Å². The van der Waals surface area contributed by atoms with E-state index >= 15 is 0 Å². The van der Waals surface area contributed by atoms with E-state index in [1.807, 2.05) is 6.92 Å². The maximum absolute atomic E-state index is 13.0. The molecule has 1 atom stereocenters. The Labute approximate surface area is 156 Å². The zero-order chi connectivity index (χ0) is 20.0. The molecular formula is C18H23N3O6. The van der Waals surface area contributed by atoms with Gasteiger partial charge < -0.3 is 19.7 Å². The van der Waals surface area contributed by atoms with Crippen LogP contribution in [-0.2, 0) is 9.53 Å². The third-order valence-electron chi connectivity index (χ3n) is 4.23. The van der Waals surface area contributed by atoms with Crippen molar-refractivity contribution in [2.45, 2.75) is 20.3 Å². The number of H-pyrrole nitrogens is 1. The smallest absolute Gasteiger partial charge is 0.308 e. The standard InChI is InChI=1S/C18H23N3O6/c1-3-27-8-4-7-20(11-12(2)18(23)24)17(22)15-10-19-16-6-5-13(21(25)26)9-14(15)16/h5-6,9-10,12,19H,3-4,7-8,11H2,1-2H3,(H,23,24). The summed E-state index contributed by atoms with van der Waals surface area (Å²) in [7, 11) is 0. The van der Waals surface area contributed by atoms with E-state index in [0.717, 1.165) is 0 Å². The molecule has 2 N–H and O–H groups in total. The highest BCUT2D eigenvalue weighted by Gasteiger charge is 2.24.